The molecule has 18 heavy (non-hydrogen) atoms. The molecule has 5 heteroatoms. The van der Waals surface area contributed by atoms with E-state index < -0.39 is 5.72 Å². The Hall–Kier alpha value is -1.46. The second-order valence-electron chi connectivity index (χ2n) is 4.51. The molecule has 0 saturated carbocycles. The van der Waals surface area contributed by atoms with Crippen LogP contribution in [-0.2, 0) is 4.74 Å². The van der Waals surface area contributed by atoms with Crippen LogP contribution in [0.25, 0.3) is 10.6 Å². The molecule has 0 fully saturated rings. The number of pyridine rings is 1. The number of anilines is 1. The van der Waals surface area contributed by atoms with Crippen LogP contribution in [0.5, 0.6) is 0 Å². The lowest BCUT2D eigenvalue weighted by molar-refractivity contribution is 0.0482. The van der Waals surface area contributed by atoms with Gasteiger partial charge in [-0.15, -0.1) is 0 Å². The summed E-state index contributed by atoms with van der Waals surface area (Å²) in [5.74, 6) is 0. The second kappa shape index (κ2) is 5.04. The zero-order valence-corrected chi connectivity index (χ0v) is 11.8. The van der Waals surface area contributed by atoms with E-state index in [4.69, 9.17) is 4.74 Å². The van der Waals surface area contributed by atoms with Crippen molar-refractivity contribution in [3.05, 3.63) is 30.2 Å². The van der Waals surface area contributed by atoms with Gasteiger partial charge in [0.2, 0.25) is 0 Å². The SMILES string of the molecule is COC(C)(C)Nc1sc(-c2cccnc2)nc1C. The highest BCUT2D eigenvalue weighted by Crippen LogP contribution is 2.33. The first-order valence-electron chi connectivity index (χ1n) is 5.73. The quantitative estimate of drug-likeness (QED) is 0.860. The molecule has 0 aliphatic carbocycles. The van der Waals surface area contributed by atoms with Gasteiger partial charge in [0.1, 0.15) is 15.7 Å². The van der Waals surface area contributed by atoms with E-state index in [1.165, 1.54) is 0 Å². The topological polar surface area (TPSA) is 47.0 Å². The molecule has 1 N–H and O–H groups in total. The predicted molar refractivity (Wildman–Crippen MR) is 74.8 cm³/mol. The molecule has 0 unspecified atom stereocenters. The fourth-order valence-electron chi connectivity index (χ4n) is 1.45. The zero-order chi connectivity index (χ0) is 13.2. The molecule has 0 radical (unpaired) electrons. The van der Waals surface area contributed by atoms with Gasteiger partial charge in [0.05, 0.1) is 5.69 Å². The molecule has 2 rings (SSSR count). The van der Waals surface area contributed by atoms with Gasteiger partial charge < -0.3 is 10.1 Å². The normalized spacial score (nSPS) is 11.6. The number of aryl methyl sites for hydroxylation is 1. The highest BCUT2D eigenvalue weighted by molar-refractivity contribution is 7.19. The van der Waals surface area contributed by atoms with E-state index in [0.717, 1.165) is 21.3 Å². The Balaban J connectivity index is 2.28. The van der Waals surface area contributed by atoms with Crippen molar-refractivity contribution in [2.75, 3.05) is 12.4 Å². The van der Waals surface area contributed by atoms with E-state index in [1.54, 1.807) is 24.6 Å². The lowest BCUT2D eigenvalue weighted by Crippen LogP contribution is -2.32. The van der Waals surface area contributed by atoms with E-state index >= 15 is 0 Å². The van der Waals surface area contributed by atoms with Crippen molar-refractivity contribution in [2.45, 2.75) is 26.5 Å². The molecule has 0 spiro atoms. The lowest BCUT2D eigenvalue weighted by atomic mass is 10.3. The molecule has 0 atom stereocenters. The number of ether oxygens (including phenoxy) is 1. The first kappa shape index (κ1) is 13.0. The summed E-state index contributed by atoms with van der Waals surface area (Å²) < 4.78 is 5.37. The predicted octanol–water partition coefficient (Wildman–Crippen LogP) is 3.31. The third kappa shape index (κ3) is 2.86. The number of methoxy groups -OCH3 is 1. The number of rotatable bonds is 4. The van der Waals surface area contributed by atoms with Gasteiger partial charge in [0.15, 0.2) is 0 Å². The number of aromatic nitrogens is 2. The molecule has 0 aliphatic rings. The molecular formula is C13H17N3OS. The third-order valence-electron chi connectivity index (χ3n) is 2.63. The van der Waals surface area contributed by atoms with Crippen LogP contribution in [0.2, 0.25) is 0 Å². The van der Waals surface area contributed by atoms with Crippen molar-refractivity contribution in [3.8, 4) is 10.6 Å². The Morgan fingerprint density at radius 1 is 1.39 bits per heavy atom. The second-order valence-corrected chi connectivity index (χ2v) is 5.51. The summed E-state index contributed by atoms with van der Waals surface area (Å²) >= 11 is 1.61. The Morgan fingerprint density at radius 3 is 2.78 bits per heavy atom. The fraction of sp³-hybridized carbons (Fsp3) is 0.385. The minimum absolute atomic E-state index is 0.399. The van der Waals surface area contributed by atoms with Crippen LogP contribution in [0.4, 0.5) is 5.00 Å². The summed E-state index contributed by atoms with van der Waals surface area (Å²) in [5, 5.41) is 5.34. The Kier molecular flexibility index (Phi) is 3.63. The van der Waals surface area contributed by atoms with Crippen molar-refractivity contribution >= 4 is 16.3 Å². The van der Waals surface area contributed by atoms with Gasteiger partial charge in [0.25, 0.3) is 0 Å². The number of hydrogen-bond donors (Lipinski definition) is 1. The number of nitrogens with zero attached hydrogens (tertiary/aromatic N) is 2. The summed E-state index contributed by atoms with van der Waals surface area (Å²) in [7, 11) is 1.69. The van der Waals surface area contributed by atoms with Crippen LogP contribution in [0.3, 0.4) is 0 Å². The van der Waals surface area contributed by atoms with Gasteiger partial charge in [-0.25, -0.2) is 4.98 Å². The Labute approximate surface area is 111 Å². The standard InChI is InChI=1S/C13H17N3OS/c1-9-11(16-13(2,3)17-4)18-12(15-9)10-6-5-7-14-8-10/h5-8,16H,1-4H3. The van der Waals surface area contributed by atoms with Gasteiger partial charge in [0, 0.05) is 25.1 Å². The number of nitrogens with one attached hydrogen (secondary N) is 1. The fourth-order valence-corrected chi connectivity index (χ4v) is 2.55. The maximum atomic E-state index is 5.37. The molecule has 0 bridgehead atoms. The van der Waals surface area contributed by atoms with Gasteiger partial charge >= 0.3 is 0 Å². The van der Waals surface area contributed by atoms with Crippen molar-refractivity contribution in [2.24, 2.45) is 0 Å². The maximum Gasteiger partial charge on any atom is 0.133 e. The summed E-state index contributed by atoms with van der Waals surface area (Å²) in [5.41, 5.74) is 1.61. The molecular weight excluding hydrogens is 246 g/mol. The van der Waals surface area contributed by atoms with Crippen LogP contribution >= 0.6 is 11.3 Å². The van der Waals surface area contributed by atoms with Crippen molar-refractivity contribution in [1.82, 2.24) is 9.97 Å². The van der Waals surface area contributed by atoms with Crippen LogP contribution in [0, 0.1) is 6.92 Å². The summed E-state index contributed by atoms with van der Waals surface area (Å²) in [6, 6.07) is 3.93. The summed E-state index contributed by atoms with van der Waals surface area (Å²) in [6.07, 6.45) is 3.58. The molecule has 2 aromatic heterocycles. The third-order valence-corrected chi connectivity index (χ3v) is 3.75. The van der Waals surface area contributed by atoms with Gasteiger partial charge in [-0.3, -0.25) is 4.98 Å². The van der Waals surface area contributed by atoms with E-state index in [-0.39, 0.29) is 0 Å². The summed E-state index contributed by atoms with van der Waals surface area (Å²) in [4.78, 5) is 8.67. The van der Waals surface area contributed by atoms with Crippen molar-refractivity contribution in [1.29, 1.82) is 0 Å². The first-order chi connectivity index (χ1) is 8.52. The van der Waals surface area contributed by atoms with Crippen molar-refractivity contribution < 1.29 is 4.74 Å². The van der Waals surface area contributed by atoms with Crippen LogP contribution in [-0.4, -0.2) is 22.8 Å². The van der Waals surface area contributed by atoms with Crippen LogP contribution in [0.15, 0.2) is 24.5 Å². The molecule has 0 amide bonds. The van der Waals surface area contributed by atoms with E-state index in [2.05, 4.69) is 15.3 Å². The number of thiazole rings is 1. The van der Waals surface area contributed by atoms with E-state index in [0.29, 0.717) is 0 Å². The van der Waals surface area contributed by atoms with Crippen LogP contribution < -0.4 is 5.32 Å². The van der Waals surface area contributed by atoms with Gasteiger partial charge in [-0.05, 0) is 32.9 Å². The summed E-state index contributed by atoms with van der Waals surface area (Å²) in [6.45, 7) is 5.95. The van der Waals surface area contributed by atoms with Crippen LogP contribution in [0.1, 0.15) is 19.5 Å². The maximum absolute atomic E-state index is 5.37. The van der Waals surface area contributed by atoms with Gasteiger partial charge in [-0.2, -0.15) is 0 Å². The average molecular weight is 263 g/mol. The van der Waals surface area contributed by atoms with E-state index in [1.807, 2.05) is 39.1 Å². The zero-order valence-electron chi connectivity index (χ0n) is 11.0. The minimum atomic E-state index is -0.399. The largest absolute Gasteiger partial charge is 0.360 e. The minimum Gasteiger partial charge on any atom is -0.360 e. The van der Waals surface area contributed by atoms with Crippen molar-refractivity contribution in [3.63, 3.8) is 0 Å². The molecule has 2 heterocycles. The molecule has 96 valence electrons. The first-order valence-corrected chi connectivity index (χ1v) is 6.54. The van der Waals surface area contributed by atoms with E-state index in [9.17, 15) is 0 Å². The monoisotopic (exact) mass is 263 g/mol. The highest BCUT2D eigenvalue weighted by atomic mass is 32.1. The smallest absolute Gasteiger partial charge is 0.133 e. The molecule has 4 nitrogen and oxygen atoms in total. The average Bonchev–Trinajstić information content (AvgIpc) is 2.72. The highest BCUT2D eigenvalue weighted by Gasteiger charge is 2.19. The molecule has 0 saturated heterocycles. The molecule has 0 aromatic carbocycles. The Bertz CT molecular complexity index is 522. The lowest BCUT2D eigenvalue weighted by Gasteiger charge is -2.24. The Morgan fingerprint density at radius 2 is 2.17 bits per heavy atom. The molecule has 0 aliphatic heterocycles. The van der Waals surface area contributed by atoms with Gasteiger partial charge in [-0.1, -0.05) is 11.3 Å². The number of hydrogen-bond acceptors (Lipinski definition) is 5. The molecule has 2 aromatic rings.